The molecule has 7 heteroatoms. The van der Waals surface area contributed by atoms with Crippen LogP contribution < -0.4 is 14.4 Å². The van der Waals surface area contributed by atoms with Crippen LogP contribution in [0, 0.1) is 6.92 Å². The lowest BCUT2D eigenvalue weighted by atomic mass is 10.1. The van der Waals surface area contributed by atoms with Gasteiger partial charge in [-0.2, -0.15) is 0 Å². The number of para-hydroxylation sites is 1. The number of ether oxygens (including phenoxy) is 1. The summed E-state index contributed by atoms with van der Waals surface area (Å²) in [5, 5.41) is 2.85. The monoisotopic (exact) mass is 452 g/mol. The Morgan fingerprint density at radius 3 is 2.41 bits per heavy atom. The van der Waals surface area contributed by atoms with Crippen molar-refractivity contribution in [1.29, 1.82) is 0 Å². The summed E-state index contributed by atoms with van der Waals surface area (Å²) in [4.78, 5) is 12.8. The standard InChI is InChI=1S/C25H28N2O4S/c1-20-10-6-7-16-24(20)27(32(29,30)23-14-4-3-5-15-23)19-25(28)26-17-9-12-21-11-8-13-22(18-21)31-2/h3-8,10-11,13-16,18H,9,12,17,19H2,1-2H3,(H,26,28). The third-order valence-corrected chi connectivity index (χ3v) is 6.88. The Bertz CT molecular complexity index is 1150. The van der Waals surface area contributed by atoms with Crippen LogP contribution in [0.5, 0.6) is 5.75 Å². The number of nitrogens with zero attached hydrogens (tertiary/aromatic N) is 1. The third-order valence-electron chi connectivity index (χ3n) is 5.10. The molecule has 0 aliphatic rings. The normalized spacial score (nSPS) is 11.1. The van der Waals surface area contributed by atoms with Crippen molar-refractivity contribution >= 4 is 21.6 Å². The highest BCUT2D eigenvalue weighted by molar-refractivity contribution is 7.92. The van der Waals surface area contributed by atoms with Crippen LogP contribution in [-0.2, 0) is 21.2 Å². The molecule has 0 atom stereocenters. The number of hydrogen-bond acceptors (Lipinski definition) is 4. The van der Waals surface area contributed by atoms with Gasteiger partial charge in [0.15, 0.2) is 0 Å². The molecule has 1 N–H and O–H groups in total. The average Bonchev–Trinajstić information content (AvgIpc) is 2.81. The van der Waals surface area contributed by atoms with Crippen LogP contribution >= 0.6 is 0 Å². The molecule has 0 fully saturated rings. The molecular weight excluding hydrogens is 424 g/mol. The summed E-state index contributed by atoms with van der Waals surface area (Å²) in [6.07, 6.45) is 1.51. The highest BCUT2D eigenvalue weighted by Gasteiger charge is 2.27. The Balaban J connectivity index is 1.68. The minimum atomic E-state index is -3.89. The second-order valence-electron chi connectivity index (χ2n) is 7.42. The minimum absolute atomic E-state index is 0.147. The molecule has 0 aliphatic carbocycles. The maximum absolute atomic E-state index is 13.3. The Kier molecular flexibility index (Phi) is 7.89. The average molecular weight is 453 g/mol. The lowest BCUT2D eigenvalue weighted by Crippen LogP contribution is -2.41. The summed E-state index contributed by atoms with van der Waals surface area (Å²) >= 11 is 0. The van der Waals surface area contributed by atoms with Crippen molar-refractivity contribution in [2.75, 3.05) is 24.5 Å². The number of sulfonamides is 1. The fourth-order valence-corrected chi connectivity index (χ4v) is 4.90. The Hall–Kier alpha value is -3.32. The van der Waals surface area contributed by atoms with E-state index in [1.807, 2.05) is 43.3 Å². The van der Waals surface area contributed by atoms with Crippen LogP contribution in [0.2, 0.25) is 0 Å². The molecule has 0 saturated heterocycles. The SMILES string of the molecule is COc1cccc(CCCNC(=O)CN(c2ccccc2C)S(=O)(=O)c2ccccc2)c1. The van der Waals surface area contributed by atoms with Crippen molar-refractivity contribution in [2.45, 2.75) is 24.7 Å². The number of amides is 1. The zero-order valence-electron chi connectivity index (χ0n) is 18.3. The van der Waals surface area contributed by atoms with Crippen molar-refractivity contribution in [1.82, 2.24) is 5.32 Å². The molecule has 1 amide bonds. The van der Waals surface area contributed by atoms with E-state index in [9.17, 15) is 13.2 Å². The fourth-order valence-electron chi connectivity index (χ4n) is 3.40. The van der Waals surface area contributed by atoms with Gasteiger partial charge >= 0.3 is 0 Å². The molecule has 0 radical (unpaired) electrons. The Morgan fingerprint density at radius 2 is 1.69 bits per heavy atom. The molecule has 0 aromatic heterocycles. The molecule has 0 unspecified atom stereocenters. The van der Waals surface area contributed by atoms with E-state index in [2.05, 4.69) is 5.32 Å². The predicted octanol–water partition coefficient (Wildman–Crippen LogP) is 3.95. The summed E-state index contributed by atoms with van der Waals surface area (Å²) in [7, 11) is -2.27. The molecule has 3 aromatic rings. The molecule has 32 heavy (non-hydrogen) atoms. The van der Waals surface area contributed by atoms with Crippen LogP contribution in [0.25, 0.3) is 0 Å². The number of aryl methyl sites for hydroxylation is 2. The minimum Gasteiger partial charge on any atom is -0.497 e. The fraction of sp³-hybridized carbons (Fsp3) is 0.240. The second kappa shape index (κ2) is 10.8. The first-order valence-corrected chi connectivity index (χ1v) is 11.9. The van der Waals surface area contributed by atoms with Crippen LogP contribution in [0.1, 0.15) is 17.5 Å². The third kappa shape index (κ3) is 5.88. The number of methoxy groups -OCH3 is 1. The summed E-state index contributed by atoms with van der Waals surface area (Å²) in [5.41, 5.74) is 2.38. The highest BCUT2D eigenvalue weighted by atomic mass is 32.2. The number of benzene rings is 3. The number of hydrogen-bond donors (Lipinski definition) is 1. The first kappa shape index (κ1) is 23.3. The van der Waals surface area contributed by atoms with Gasteiger partial charge in [-0.25, -0.2) is 8.42 Å². The van der Waals surface area contributed by atoms with Crippen molar-refractivity contribution in [3.63, 3.8) is 0 Å². The predicted molar refractivity (Wildman–Crippen MR) is 126 cm³/mol. The van der Waals surface area contributed by atoms with E-state index in [0.29, 0.717) is 12.2 Å². The molecule has 6 nitrogen and oxygen atoms in total. The molecule has 3 aromatic carbocycles. The first-order valence-electron chi connectivity index (χ1n) is 10.4. The number of rotatable bonds is 10. The van der Waals surface area contributed by atoms with Gasteiger partial charge < -0.3 is 10.1 Å². The maximum atomic E-state index is 13.3. The summed E-state index contributed by atoms with van der Waals surface area (Å²) < 4.78 is 33.1. The van der Waals surface area contributed by atoms with Crippen molar-refractivity contribution in [2.24, 2.45) is 0 Å². The lowest BCUT2D eigenvalue weighted by molar-refractivity contribution is -0.119. The molecule has 0 spiro atoms. The zero-order chi connectivity index (χ0) is 23.0. The smallest absolute Gasteiger partial charge is 0.264 e. The number of anilines is 1. The molecule has 168 valence electrons. The van der Waals surface area contributed by atoms with E-state index in [-0.39, 0.29) is 17.3 Å². The van der Waals surface area contributed by atoms with Gasteiger partial charge in [0.2, 0.25) is 5.91 Å². The van der Waals surface area contributed by atoms with E-state index in [4.69, 9.17) is 4.74 Å². The summed E-state index contributed by atoms with van der Waals surface area (Å²) in [6, 6.07) is 23.1. The summed E-state index contributed by atoms with van der Waals surface area (Å²) in [6.45, 7) is 1.99. The number of carbonyl (C=O) groups is 1. The molecule has 0 heterocycles. The van der Waals surface area contributed by atoms with E-state index in [1.165, 1.54) is 16.4 Å². The number of carbonyl (C=O) groups excluding carboxylic acids is 1. The summed E-state index contributed by atoms with van der Waals surface area (Å²) in [5.74, 6) is 0.449. The van der Waals surface area contributed by atoms with Crippen LogP contribution in [0.3, 0.4) is 0 Å². The molecule has 0 aliphatic heterocycles. The molecule has 3 rings (SSSR count). The van der Waals surface area contributed by atoms with Crippen molar-refractivity contribution in [3.8, 4) is 5.75 Å². The van der Waals surface area contributed by atoms with E-state index >= 15 is 0 Å². The van der Waals surface area contributed by atoms with Gasteiger partial charge in [-0.15, -0.1) is 0 Å². The van der Waals surface area contributed by atoms with Crippen molar-refractivity contribution in [3.05, 3.63) is 90.0 Å². The Morgan fingerprint density at radius 1 is 0.969 bits per heavy atom. The van der Waals surface area contributed by atoms with Gasteiger partial charge in [0.25, 0.3) is 10.0 Å². The second-order valence-corrected chi connectivity index (χ2v) is 9.28. The van der Waals surface area contributed by atoms with Gasteiger partial charge in [0.1, 0.15) is 12.3 Å². The lowest BCUT2D eigenvalue weighted by Gasteiger charge is -2.25. The van der Waals surface area contributed by atoms with Gasteiger partial charge in [0, 0.05) is 6.54 Å². The molecule has 0 saturated carbocycles. The highest BCUT2D eigenvalue weighted by Crippen LogP contribution is 2.26. The van der Waals surface area contributed by atoms with Gasteiger partial charge in [-0.3, -0.25) is 9.10 Å². The van der Waals surface area contributed by atoms with E-state index < -0.39 is 10.0 Å². The van der Waals surface area contributed by atoms with Crippen LogP contribution in [0.15, 0.2) is 83.8 Å². The van der Waals surface area contributed by atoms with Crippen LogP contribution in [-0.4, -0.2) is 34.5 Å². The molecular formula is C25H28N2O4S. The zero-order valence-corrected chi connectivity index (χ0v) is 19.1. The van der Waals surface area contributed by atoms with E-state index in [0.717, 1.165) is 29.7 Å². The molecule has 0 bridgehead atoms. The Labute approximate surface area is 189 Å². The van der Waals surface area contributed by atoms with Crippen molar-refractivity contribution < 1.29 is 17.9 Å². The van der Waals surface area contributed by atoms with Crippen LogP contribution in [0.4, 0.5) is 5.69 Å². The van der Waals surface area contributed by atoms with E-state index in [1.54, 1.807) is 37.4 Å². The topological polar surface area (TPSA) is 75.7 Å². The van der Waals surface area contributed by atoms with Gasteiger partial charge in [-0.05, 0) is 61.2 Å². The number of nitrogens with one attached hydrogen (secondary N) is 1. The maximum Gasteiger partial charge on any atom is 0.264 e. The van der Waals surface area contributed by atoms with Gasteiger partial charge in [0.05, 0.1) is 17.7 Å². The first-order chi connectivity index (χ1) is 15.4. The quantitative estimate of drug-likeness (QED) is 0.473. The largest absolute Gasteiger partial charge is 0.497 e. The van der Waals surface area contributed by atoms with Gasteiger partial charge in [-0.1, -0.05) is 48.5 Å².